The summed E-state index contributed by atoms with van der Waals surface area (Å²) in [6.07, 6.45) is 0. The van der Waals surface area contributed by atoms with E-state index in [1.54, 1.807) is 6.07 Å². The first-order chi connectivity index (χ1) is 10.1. The highest BCUT2D eigenvalue weighted by atomic mass is 35.5. The van der Waals surface area contributed by atoms with Crippen LogP contribution < -0.4 is 5.32 Å². The minimum absolute atomic E-state index is 0.230. The van der Waals surface area contributed by atoms with Gasteiger partial charge >= 0.3 is 0 Å². The molecule has 1 fully saturated rings. The molecular formula is C14H11Cl2NOS3. The Bertz CT molecular complexity index is 668. The van der Waals surface area contributed by atoms with Crippen LogP contribution in [0.4, 0.5) is 5.69 Å². The number of hydrogen-bond acceptors (Lipinski definition) is 4. The highest BCUT2D eigenvalue weighted by Crippen LogP contribution is 2.45. The Morgan fingerprint density at radius 2 is 1.95 bits per heavy atom. The predicted molar refractivity (Wildman–Crippen MR) is 96.4 cm³/mol. The van der Waals surface area contributed by atoms with E-state index in [9.17, 15) is 4.79 Å². The third-order valence-electron chi connectivity index (χ3n) is 2.94. The molecule has 0 radical (unpaired) electrons. The lowest BCUT2D eigenvalue weighted by Crippen LogP contribution is -2.11. The largest absolute Gasteiger partial charge is 0.322 e. The van der Waals surface area contributed by atoms with Gasteiger partial charge in [-0.05, 0) is 23.8 Å². The second-order valence-corrected chi connectivity index (χ2v) is 9.40. The zero-order valence-electron chi connectivity index (χ0n) is 10.8. The summed E-state index contributed by atoms with van der Waals surface area (Å²) >= 11 is 17.0. The van der Waals surface area contributed by atoms with Gasteiger partial charge in [0.2, 0.25) is 0 Å². The third-order valence-corrected chi connectivity index (χ3v) is 7.53. The first kappa shape index (κ1) is 15.6. The van der Waals surface area contributed by atoms with Gasteiger partial charge in [0.15, 0.2) is 0 Å². The fraction of sp³-hybridized carbons (Fsp3) is 0.214. The van der Waals surface area contributed by atoms with Gasteiger partial charge in [0.1, 0.15) is 4.34 Å². The molecule has 3 rings (SSSR count). The fourth-order valence-corrected chi connectivity index (χ4v) is 6.30. The molecule has 1 aromatic carbocycles. The molecular weight excluding hydrogens is 365 g/mol. The Labute approximate surface area is 145 Å². The molecule has 0 atom stereocenters. The number of halogens is 2. The van der Waals surface area contributed by atoms with Crippen molar-refractivity contribution in [1.29, 1.82) is 0 Å². The van der Waals surface area contributed by atoms with E-state index < -0.39 is 0 Å². The molecule has 21 heavy (non-hydrogen) atoms. The number of rotatable bonds is 3. The summed E-state index contributed by atoms with van der Waals surface area (Å²) in [5.41, 5.74) is 2.43. The van der Waals surface area contributed by atoms with E-state index in [0.29, 0.717) is 18.8 Å². The molecule has 0 saturated carbocycles. The topological polar surface area (TPSA) is 29.1 Å². The zero-order chi connectivity index (χ0) is 14.8. The van der Waals surface area contributed by atoms with Gasteiger partial charge in [0.25, 0.3) is 5.91 Å². The van der Waals surface area contributed by atoms with Crippen molar-refractivity contribution in [3.8, 4) is 0 Å². The van der Waals surface area contributed by atoms with Crippen LogP contribution in [0, 0.1) is 0 Å². The Morgan fingerprint density at radius 1 is 1.19 bits per heavy atom. The van der Waals surface area contributed by atoms with Crippen LogP contribution in [0.5, 0.6) is 0 Å². The number of amides is 1. The Hall–Kier alpha value is -0.330. The smallest absolute Gasteiger partial charge is 0.258 e. The summed E-state index contributed by atoms with van der Waals surface area (Å²) in [5.74, 6) is 2.12. The van der Waals surface area contributed by atoms with E-state index in [1.807, 2.05) is 41.7 Å². The van der Waals surface area contributed by atoms with Crippen molar-refractivity contribution in [3.05, 3.63) is 50.1 Å². The van der Waals surface area contributed by atoms with E-state index in [4.69, 9.17) is 23.2 Å². The van der Waals surface area contributed by atoms with Crippen molar-refractivity contribution in [1.82, 2.24) is 0 Å². The lowest BCUT2D eigenvalue weighted by molar-refractivity contribution is 0.102. The number of anilines is 1. The molecule has 1 aromatic heterocycles. The number of thiophene rings is 1. The summed E-state index contributed by atoms with van der Waals surface area (Å²) in [5, 5.41) is 2.88. The van der Waals surface area contributed by atoms with Gasteiger partial charge < -0.3 is 5.32 Å². The monoisotopic (exact) mass is 375 g/mol. The van der Waals surface area contributed by atoms with Crippen molar-refractivity contribution in [3.63, 3.8) is 0 Å². The maximum absolute atomic E-state index is 12.2. The number of hydrogen-bond donors (Lipinski definition) is 1. The van der Waals surface area contributed by atoms with Gasteiger partial charge in [-0.1, -0.05) is 35.3 Å². The predicted octanol–water partition coefficient (Wildman–Crippen LogP) is 5.79. The number of thioether (sulfide) groups is 2. The Morgan fingerprint density at radius 3 is 2.62 bits per heavy atom. The summed E-state index contributed by atoms with van der Waals surface area (Å²) < 4.78 is 1.38. The number of benzene rings is 1. The molecule has 1 saturated heterocycles. The first-order valence-electron chi connectivity index (χ1n) is 6.23. The standard InChI is InChI=1S/C14H11Cl2NOS3/c15-11-7-10(12(16)21-11)13(18)17-9-3-1-2-8(6-9)14-19-4-5-20-14/h1-3,6-7,14H,4-5H2,(H,17,18). The van der Waals surface area contributed by atoms with Crippen LogP contribution in [0.1, 0.15) is 20.5 Å². The minimum Gasteiger partial charge on any atom is -0.322 e. The first-order valence-corrected chi connectivity index (χ1v) is 9.90. The maximum atomic E-state index is 12.2. The second-order valence-electron chi connectivity index (χ2n) is 4.39. The summed E-state index contributed by atoms with van der Waals surface area (Å²) in [6, 6.07) is 9.56. The lowest BCUT2D eigenvalue weighted by Gasteiger charge is -2.11. The molecule has 0 spiro atoms. The highest BCUT2D eigenvalue weighted by molar-refractivity contribution is 8.19. The number of nitrogens with one attached hydrogen (secondary N) is 1. The summed E-state index contributed by atoms with van der Waals surface area (Å²) in [4.78, 5) is 12.2. The quantitative estimate of drug-likeness (QED) is 0.736. The normalized spacial score (nSPS) is 15.3. The molecule has 1 N–H and O–H groups in total. The highest BCUT2D eigenvalue weighted by Gasteiger charge is 2.19. The minimum atomic E-state index is -0.230. The molecule has 2 nitrogen and oxygen atoms in total. The van der Waals surface area contributed by atoms with Gasteiger partial charge in [0, 0.05) is 17.2 Å². The van der Waals surface area contributed by atoms with Crippen molar-refractivity contribution in [2.24, 2.45) is 0 Å². The van der Waals surface area contributed by atoms with Crippen LogP contribution in [-0.4, -0.2) is 17.4 Å². The van der Waals surface area contributed by atoms with E-state index in [-0.39, 0.29) is 5.91 Å². The number of carbonyl (C=O) groups is 1. The van der Waals surface area contributed by atoms with Crippen molar-refractivity contribution in [2.75, 3.05) is 16.8 Å². The fourth-order valence-electron chi connectivity index (χ4n) is 2.01. The molecule has 1 aliphatic rings. The van der Waals surface area contributed by atoms with Crippen LogP contribution >= 0.6 is 58.1 Å². The summed E-state index contributed by atoms with van der Waals surface area (Å²) in [7, 11) is 0. The number of carbonyl (C=O) groups excluding carboxylic acids is 1. The van der Waals surface area contributed by atoms with Crippen molar-refractivity contribution >= 4 is 69.7 Å². The van der Waals surface area contributed by atoms with Gasteiger partial charge in [-0.25, -0.2) is 0 Å². The van der Waals surface area contributed by atoms with E-state index in [1.165, 1.54) is 28.4 Å². The molecule has 1 aliphatic heterocycles. The van der Waals surface area contributed by atoms with Crippen LogP contribution in [0.3, 0.4) is 0 Å². The van der Waals surface area contributed by atoms with Crippen molar-refractivity contribution < 1.29 is 4.79 Å². The van der Waals surface area contributed by atoms with Gasteiger partial charge in [-0.3, -0.25) is 4.79 Å². The van der Waals surface area contributed by atoms with Crippen LogP contribution in [0.25, 0.3) is 0 Å². The van der Waals surface area contributed by atoms with Crippen LogP contribution in [0.15, 0.2) is 30.3 Å². The molecule has 0 unspecified atom stereocenters. The van der Waals surface area contributed by atoms with Crippen LogP contribution in [0.2, 0.25) is 8.67 Å². The molecule has 2 aromatic rings. The Balaban J connectivity index is 1.77. The van der Waals surface area contributed by atoms with Gasteiger partial charge in [-0.15, -0.1) is 34.9 Å². The molecule has 1 amide bonds. The Kier molecular flexibility index (Phi) is 5.07. The van der Waals surface area contributed by atoms with Gasteiger partial charge in [0.05, 0.1) is 14.5 Å². The molecule has 2 heterocycles. The molecule has 0 bridgehead atoms. The average Bonchev–Trinajstić information content (AvgIpc) is 3.08. The molecule has 0 aliphatic carbocycles. The molecule has 7 heteroatoms. The second kappa shape index (κ2) is 6.84. The van der Waals surface area contributed by atoms with Gasteiger partial charge in [-0.2, -0.15) is 0 Å². The third kappa shape index (κ3) is 3.71. The maximum Gasteiger partial charge on any atom is 0.258 e. The SMILES string of the molecule is O=C(Nc1cccc(C2SCCS2)c1)c1cc(Cl)sc1Cl. The van der Waals surface area contributed by atoms with Crippen molar-refractivity contribution in [2.45, 2.75) is 4.58 Å². The van der Waals surface area contributed by atoms with E-state index >= 15 is 0 Å². The zero-order valence-corrected chi connectivity index (χ0v) is 14.7. The van der Waals surface area contributed by atoms with Crippen LogP contribution in [-0.2, 0) is 0 Å². The van der Waals surface area contributed by atoms with E-state index in [2.05, 4.69) is 11.4 Å². The summed E-state index contributed by atoms with van der Waals surface area (Å²) in [6.45, 7) is 0. The average molecular weight is 376 g/mol. The van der Waals surface area contributed by atoms with E-state index in [0.717, 1.165) is 5.69 Å². The lowest BCUT2D eigenvalue weighted by atomic mass is 10.2. The molecule has 110 valence electrons.